The van der Waals surface area contributed by atoms with Gasteiger partial charge in [0.05, 0.1) is 12.7 Å². The smallest absolute Gasteiger partial charge is 0.337 e. The third-order valence-electron chi connectivity index (χ3n) is 3.31. The maximum Gasteiger partial charge on any atom is 0.337 e. The van der Waals surface area contributed by atoms with Crippen LogP contribution >= 0.6 is 0 Å². The molecule has 0 bridgehead atoms. The van der Waals surface area contributed by atoms with Gasteiger partial charge in [0, 0.05) is 5.56 Å². The van der Waals surface area contributed by atoms with Gasteiger partial charge in [0.1, 0.15) is 6.04 Å². The average molecular weight is 293 g/mol. The Labute approximate surface area is 123 Å². The van der Waals surface area contributed by atoms with Crippen LogP contribution in [0.15, 0.2) is 24.3 Å². The third-order valence-corrected chi connectivity index (χ3v) is 3.31. The minimum atomic E-state index is -1.08. The lowest BCUT2D eigenvalue weighted by Gasteiger charge is -2.20. The van der Waals surface area contributed by atoms with E-state index in [0.717, 1.165) is 0 Å². The number of carboxylic acids is 1. The van der Waals surface area contributed by atoms with Crippen LogP contribution in [0.4, 0.5) is 0 Å². The van der Waals surface area contributed by atoms with E-state index >= 15 is 0 Å². The number of ether oxygens (including phenoxy) is 1. The molecule has 6 nitrogen and oxygen atoms in total. The van der Waals surface area contributed by atoms with Crippen LogP contribution in [0.5, 0.6) is 0 Å². The monoisotopic (exact) mass is 293 g/mol. The van der Waals surface area contributed by atoms with Gasteiger partial charge in [-0.15, -0.1) is 0 Å². The molecule has 0 unspecified atom stereocenters. The van der Waals surface area contributed by atoms with Crippen LogP contribution in [0.3, 0.4) is 0 Å². The van der Waals surface area contributed by atoms with Crippen molar-refractivity contribution < 1.29 is 24.2 Å². The van der Waals surface area contributed by atoms with Gasteiger partial charge in [0.15, 0.2) is 0 Å². The highest BCUT2D eigenvalue weighted by molar-refractivity contribution is 5.99. The molecule has 2 N–H and O–H groups in total. The summed E-state index contributed by atoms with van der Waals surface area (Å²) in [6.07, 6.45) is 0.624. The number of carboxylic acid groups (broad SMARTS) is 1. The van der Waals surface area contributed by atoms with Gasteiger partial charge in [-0.25, -0.2) is 9.59 Å². The van der Waals surface area contributed by atoms with E-state index in [0.29, 0.717) is 6.42 Å². The van der Waals surface area contributed by atoms with Gasteiger partial charge in [0.2, 0.25) is 0 Å². The second-order valence-electron chi connectivity index (χ2n) is 4.75. The molecule has 1 amide bonds. The molecule has 0 aliphatic heterocycles. The van der Waals surface area contributed by atoms with Gasteiger partial charge in [-0.2, -0.15) is 0 Å². The molecule has 0 spiro atoms. The molecule has 1 aromatic carbocycles. The molecule has 114 valence electrons. The first kappa shape index (κ1) is 16.7. The summed E-state index contributed by atoms with van der Waals surface area (Å²) in [5.74, 6) is -2.37. The van der Waals surface area contributed by atoms with Gasteiger partial charge < -0.3 is 15.2 Å². The van der Waals surface area contributed by atoms with Crippen LogP contribution in [0.1, 0.15) is 41.0 Å². The van der Waals surface area contributed by atoms with Gasteiger partial charge in [0.25, 0.3) is 5.91 Å². The number of esters is 1. The summed E-state index contributed by atoms with van der Waals surface area (Å²) in [4.78, 5) is 34.7. The average Bonchev–Trinajstić information content (AvgIpc) is 2.50. The molecule has 1 aromatic rings. The van der Waals surface area contributed by atoms with Crippen LogP contribution in [0.2, 0.25) is 0 Å². The fourth-order valence-electron chi connectivity index (χ4n) is 1.81. The summed E-state index contributed by atoms with van der Waals surface area (Å²) in [6, 6.07) is 4.98. The molecule has 0 radical (unpaired) electrons. The van der Waals surface area contributed by atoms with Crippen molar-refractivity contribution >= 4 is 17.8 Å². The number of hydrogen-bond donors (Lipinski definition) is 2. The fourth-order valence-corrected chi connectivity index (χ4v) is 1.81. The summed E-state index contributed by atoms with van der Waals surface area (Å²) < 4.78 is 4.58. The fraction of sp³-hybridized carbons (Fsp3) is 0.400. The van der Waals surface area contributed by atoms with Crippen molar-refractivity contribution in [2.45, 2.75) is 26.3 Å². The lowest BCUT2D eigenvalue weighted by Crippen LogP contribution is -2.45. The van der Waals surface area contributed by atoms with Crippen molar-refractivity contribution in [1.29, 1.82) is 0 Å². The lowest BCUT2D eigenvalue weighted by atomic mass is 9.99. The van der Waals surface area contributed by atoms with E-state index in [-0.39, 0.29) is 17.0 Å². The van der Waals surface area contributed by atoms with E-state index in [9.17, 15) is 14.4 Å². The van der Waals surface area contributed by atoms with Crippen molar-refractivity contribution in [3.63, 3.8) is 0 Å². The Morgan fingerprint density at radius 2 is 1.90 bits per heavy atom. The molecule has 0 aliphatic carbocycles. The van der Waals surface area contributed by atoms with E-state index < -0.39 is 23.9 Å². The van der Waals surface area contributed by atoms with Gasteiger partial charge >= 0.3 is 11.9 Å². The maximum atomic E-state index is 12.1. The first-order valence-electron chi connectivity index (χ1n) is 6.62. The molecular weight excluding hydrogens is 274 g/mol. The van der Waals surface area contributed by atoms with E-state index in [1.807, 2.05) is 6.92 Å². The minimum Gasteiger partial charge on any atom is -0.480 e. The number of benzene rings is 1. The minimum absolute atomic E-state index is 0.199. The molecular formula is C15H19NO5. The number of aliphatic carboxylic acids is 1. The normalized spacial score (nSPS) is 13.1. The number of carbonyl (C=O) groups excluding carboxylic acids is 2. The van der Waals surface area contributed by atoms with Crippen LogP contribution in [0, 0.1) is 5.92 Å². The van der Waals surface area contributed by atoms with Crippen LogP contribution < -0.4 is 5.32 Å². The Kier molecular flexibility index (Phi) is 5.90. The topological polar surface area (TPSA) is 92.7 Å². The third kappa shape index (κ3) is 4.30. The Bertz CT molecular complexity index is 541. The number of nitrogens with one attached hydrogen (secondary N) is 1. The molecule has 0 saturated carbocycles. The van der Waals surface area contributed by atoms with Crippen LogP contribution in [0.25, 0.3) is 0 Å². The Morgan fingerprint density at radius 1 is 1.29 bits per heavy atom. The van der Waals surface area contributed by atoms with Crippen molar-refractivity contribution in [1.82, 2.24) is 5.32 Å². The predicted octanol–water partition coefficient (Wildman–Crippen LogP) is 1.70. The molecule has 0 aromatic heterocycles. The highest BCUT2D eigenvalue weighted by Crippen LogP contribution is 2.11. The molecule has 21 heavy (non-hydrogen) atoms. The largest absolute Gasteiger partial charge is 0.480 e. The molecule has 2 atom stereocenters. The molecule has 1 rings (SSSR count). The summed E-state index contributed by atoms with van der Waals surface area (Å²) in [7, 11) is 1.25. The molecule has 6 heteroatoms. The Hall–Kier alpha value is -2.37. The summed E-state index contributed by atoms with van der Waals surface area (Å²) in [5, 5.41) is 11.6. The van der Waals surface area contributed by atoms with Crippen LogP contribution in [-0.2, 0) is 9.53 Å². The summed E-state index contributed by atoms with van der Waals surface area (Å²) in [5.41, 5.74) is 0.452. The van der Waals surface area contributed by atoms with E-state index in [1.165, 1.54) is 25.3 Å². The standard InChI is InChI=1S/C15H19NO5/c1-4-9(2)12(14(18)19)16-13(17)10-6-5-7-11(8-10)15(20)21-3/h5-9,12H,4H2,1-3H3,(H,16,17)(H,18,19)/t9-,12-/m1/s1. The van der Waals surface area contributed by atoms with E-state index in [2.05, 4.69) is 10.1 Å². The second kappa shape index (κ2) is 7.42. The van der Waals surface area contributed by atoms with Crippen LogP contribution in [-0.4, -0.2) is 36.1 Å². The van der Waals surface area contributed by atoms with E-state index in [4.69, 9.17) is 5.11 Å². The number of amides is 1. The maximum absolute atomic E-state index is 12.1. The van der Waals surface area contributed by atoms with Crippen molar-refractivity contribution in [3.8, 4) is 0 Å². The number of rotatable bonds is 6. The highest BCUT2D eigenvalue weighted by Gasteiger charge is 2.25. The van der Waals surface area contributed by atoms with Gasteiger partial charge in [-0.3, -0.25) is 4.79 Å². The molecule has 0 heterocycles. The van der Waals surface area contributed by atoms with Crippen molar-refractivity contribution in [2.75, 3.05) is 7.11 Å². The lowest BCUT2D eigenvalue weighted by molar-refractivity contribution is -0.140. The SMILES string of the molecule is CC[C@@H](C)[C@@H](NC(=O)c1cccc(C(=O)OC)c1)C(=O)O. The quantitative estimate of drug-likeness (QED) is 0.779. The second-order valence-corrected chi connectivity index (χ2v) is 4.75. The van der Waals surface area contributed by atoms with E-state index in [1.54, 1.807) is 13.0 Å². The summed E-state index contributed by atoms with van der Waals surface area (Å²) in [6.45, 7) is 3.61. The molecule has 0 aliphatic rings. The number of carbonyl (C=O) groups is 3. The number of hydrogen-bond acceptors (Lipinski definition) is 4. The zero-order chi connectivity index (χ0) is 16.0. The first-order valence-corrected chi connectivity index (χ1v) is 6.62. The first-order chi connectivity index (χ1) is 9.90. The molecule has 0 fully saturated rings. The predicted molar refractivity (Wildman–Crippen MR) is 76.1 cm³/mol. The highest BCUT2D eigenvalue weighted by atomic mass is 16.5. The zero-order valence-electron chi connectivity index (χ0n) is 12.3. The van der Waals surface area contributed by atoms with Gasteiger partial charge in [-0.1, -0.05) is 26.3 Å². The summed E-state index contributed by atoms with van der Waals surface area (Å²) >= 11 is 0. The Balaban J connectivity index is 2.93. The molecule has 0 saturated heterocycles. The van der Waals surface area contributed by atoms with Crippen molar-refractivity contribution in [2.24, 2.45) is 5.92 Å². The van der Waals surface area contributed by atoms with Gasteiger partial charge in [-0.05, 0) is 24.1 Å². The number of methoxy groups -OCH3 is 1. The van der Waals surface area contributed by atoms with Crippen molar-refractivity contribution in [3.05, 3.63) is 35.4 Å². The zero-order valence-corrected chi connectivity index (χ0v) is 12.3. The Morgan fingerprint density at radius 3 is 2.43 bits per heavy atom.